The van der Waals surface area contributed by atoms with Crippen molar-refractivity contribution in [2.24, 2.45) is 0 Å². The Morgan fingerprint density at radius 1 is 0.302 bits per heavy atom. The minimum Gasteiger partial charge on any atom is -0.456 e. The lowest BCUT2D eigenvalue weighted by Gasteiger charge is -2.14. The van der Waals surface area contributed by atoms with Gasteiger partial charge in [-0.1, -0.05) is 146 Å². The second kappa shape index (κ2) is 12.9. The van der Waals surface area contributed by atoms with E-state index < -0.39 is 0 Å². The monoisotopic (exact) mass is 676 g/mol. The largest absolute Gasteiger partial charge is 0.456 e. The molecule has 0 aliphatic heterocycles. The summed E-state index contributed by atoms with van der Waals surface area (Å²) >= 11 is 0. The van der Waals surface area contributed by atoms with E-state index in [4.69, 9.17) is 14.4 Å². The fourth-order valence-electron chi connectivity index (χ4n) is 7.43. The lowest BCUT2D eigenvalue weighted by atomic mass is 9.92. The van der Waals surface area contributed by atoms with E-state index in [1.807, 2.05) is 36.4 Å². The van der Waals surface area contributed by atoms with Crippen molar-refractivity contribution in [2.45, 2.75) is 0 Å². The van der Waals surface area contributed by atoms with Gasteiger partial charge in [-0.05, 0) is 92.7 Å². The molecule has 0 aliphatic carbocycles. The fraction of sp³-hybridized carbons (Fsp3) is 0. The topological polar surface area (TPSA) is 38.9 Å². The maximum Gasteiger partial charge on any atom is 0.160 e. The molecular weight excluding hydrogens is 645 g/mol. The normalized spacial score (nSPS) is 11.4. The van der Waals surface area contributed by atoms with Crippen LogP contribution in [0.25, 0.3) is 100.0 Å². The van der Waals surface area contributed by atoms with Crippen LogP contribution in [0.5, 0.6) is 0 Å². The van der Waals surface area contributed by atoms with E-state index in [2.05, 4.69) is 158 Å². The second-order valence-corrected chi connectivity index (χ2v) is 13.4. The zero-order valence-corrected chi connectivity index (χ0v) is 28.8. The van der Waals surface area contributed by atoms with Crippen LogP contribution >= 0.6 is 0 Å². The molecule has 3 nitrogen and oxygen atoms in total. The van der Waals surface area contributed by atoms with Gasteiger partial charge < -0.3 is 4.42 Å². The molecule has 0 aliphatic rings. The number of para-hydroxylation sites is 1. The molecule has 2 aromatic heterocycles. The highest BCUT2D eigenvalue weighted by molar-refractivity contribution is 6.06. The van der Waals surface area contributed by atoms with Crippen LogP contribution in [0.2, 0.25) is 0 Å². The molecule has 0 bridgehead atoms. The quantitative estimate of drug-likeness (QED) is 0.176. The van der Waals surface area contributed by atoms with Crippen molar-refractivity contribution in [3.8, 4) is 67.3 Å². The van der Waals surface area contributed by atoms with Gasteiger partial charge in [-0.3, -0.25) is 0 Å². The van der Waals surface area contributed by atoms with Crippen molar-refractivity contribution in [1.29, 1.82) is 0 Å². The molecule has 0 atom stereocenters. The summed E-state index contributed by atoms with van der Waals surface area (Å²) in [5.74, 6) is 0.690. The van der Waals surface area contributed by atoms with Crippen LogP contribution in [0, 0.1) is 0 Å². The first-order valence-electron chi connectivity index (χ1n) is 17.9. The van der Waals surface area contributed by atoms with E-state index in [1.165, 1.54) is 21.9 Å². The number of nitrogens with zero attached hydrogens (tertiary/aromatic N) is 2. The fourth-order valence-corrected chi connectivity index (χ4v) is 7.43. The first-order chi connectivity index (χ1) is 26.2. The summed E-state index contributed by atoms with van der Waals surface area (Å²) in [4.78, 5) is 10.3. The average Bonchev–Trinajstić information content (AvgIpc) is 3.62. The Morgan fingerprint density at radius 2 is 0.849 bits per heavy atom. The minimum absolute atomic E-state index is 0.690. The number of benzene rings is 8. The molecule has 3 heteroatoms. The molecule has 53 heavy (non-hydrogen) atoms. The molecule has 2 heterocycles. The average molecular weight is 677 g/mol. The molecule has 0 amide bonds. The lowest BCUT2D eigenvalue weighted by Crippen LogP contribution is -1.96. The van der Waals surface area contributed by atoms with Gasteiger partial charge in [-0.2, -0.15) is 0 Å². The van der Waals surface area contributed by atoms with Crippen molar-refractivity contribution in [1.82, 2.24) is 9.97 Å². The molecule has 0 N–H and O–H groups in total. The van der Waals surface area contributed by atoms with Crippen LogP contribution < -0.4 is 0 Å². The van der Waals surface area contributed by atoms with Crippen molar-refractivity contribution in [2.75, 3.05) is 0 Å². The van der Waals surface area contributed by atoms with E-state index in [0.29, 0.717) is 5.82 Å². The molecule has 0 spiro atoms. The first kappa shape index (κ1) is 30.7. The summed E-state index contributed by atoms with van der Waals surface area (Å²) in [6.45, 7) is 0. The van der Waals surface area contributed by atoms with Gasteiger partial charge in [0, 0.05) is 27.5 Å². The van der Waals surface area contributed by atoms with Crippen LogP contribution in [0.3, 0.4) is 0 Å². The van der Waals surface area contributed by atoms with Crippen molar-refractivity contribution in [3.05, 3.63) is 194 Å². The summed E-state index contributed by atoms with van der Waals surface area (Å²) in [6, 6.07) is 68.2. The third-order valence-corrected chi connectivity index (χ3v) is 10.1. The van der Waals surface area contributed by atoms with Gasteiger partial charge in [-0.15, -0.1) is 0 Å². The van der Waals surface area contributed by atoms with Crippen LogP contribution in [0.15, 0.2) is 199 Å². The van der Waals surface area contributed by atoms with E-state index in [0.717, 1.165) is 72.3 Å². The molecule has 248 valence electrons. The van der Waals surface area contributed by atoms with E-state index in [1.54, 1.807) is 0 Å². The maximum absolute atomic E-state index is 6.35. The lowest BCUT2D eigenvalue weighted by molar-refractivity contribution is 0.669. The Balaban J connectivity index is 1.18. The zero-order valence-electron chi connectivity index (χ0n) is 28.8. The summed E-state index contributed by atoms with van der Waals surface area (Å²) in [6.07, 6.45) is 0. The van der Waals surface area contributed by atoms with Gasteiger partial charge in [0.2, 0.25) is 0 Å². The molecule has 10 aromatic rings. The zero-order chi connectivity index (χ0) is 35.1. The highest BCUT2D eigenvalue weighted by Crippen LogP contribution is 2.38. The number of hydrogen-bond donors (Lipinski definition) is 0. The molecule has 0 saturated carbocycles. The number of furan rings is 1. The minimum atomic E-state index is 0.690. The summed E-state index contributed by atoms with van der Waals surface area (Å²) in [7, 11) is 0. The van der Waals surface area contributed by atoms with Gasteiger partial charge >= 0.3 is 0 Å². The van der Waals surface area contributed by atoms with Gasteiger partial charge in [0.1, 0.15) is 11.2 Å². The molecule has 0 radical (unpaired) electrons. The van der Waals surface area contributed by atoms with E-state index >= 15 is 0 Å². The van der Waals surface area contributed by atoms with Gasteiger partial charge in [-0.25, -0.2) is 9.97 Å². The van der Waals surface area contributed by atoms with Crippen LogP contribution in [-0.2, 0) is 0 Å². The predicted octanol–water partition coefficient (Wildman–Crippen LogP) is 13.5. The summed E-state index contributed by atoms with van der Waals surface area (Å²) < 4.78 is 6.35. The molecular formula is C50H32N2O. The Morgan fingerprint density at radius 3 is 1.66 bits per heavy atom. The van der Waals surface area contributed by atoms with Crippen LogP contribution in [0.1, 0.15) is 0 Å². The Hall–Kier alpha value is -7.10. The molecule has 10 rings (SSSR count). The number of aromatic nitrogens is 2. The number of hydrogen-bond acceptors (Lipinski definition) is 3. The molecule has 0 fully saturated rings. The molecule has 0 saturated heterocycles. The van der Waals surface area contributed by atoms with Crippen LogP contribution in [-0.4, -0.2) is 9.97 Å². The highest BCUT2D eigenvalue weighted by atomic mass is 16.3. The Kier molecular flexibility index (Phi) is 7.47. The predicted molar refractivity (Wildman–Crippen MR) is 219 cm³/mol. The first-order valence-corrected chi connectivity index (χ1v) is 17.9. The SMILES string of the molecule is c1ccc(-c2cc(-c3cc(-c4cccc(-c5cccc6ccccc56)c4)cc(-c4ccc5c(c4)oc4ccccc45)c3)nc(-c3ccccc3)n2)cc1. The Labute approximate surface area is 307 Å². The van der Waals surface area contributed by atoms with E-state index in [9.17, 15) is 0 Å². The molecule has 8 aromatic carbocycles. The molecule has 0 unspecified atom stereocenters. The van der Waals surface area contributed by atoms with E-state index in [-0.39, 0.29) is 0 Å². The maximum atomic E-state index is 6.35. The van der Waals surface area contributed by atoms with Crippen molar-refractivity contribution >= 4 is 32.7 Å². The Bertz CT molecular complexity index is 2880. The summed E-state index contributed by atoms with van der Waals surface area (Å²) in [5, 5.41) is 4.70. The third kappa shape index (κ3) is 5.75. The third-order valence-electron chi connectivity index (χ3n) is 10.1. The van der Waals surface area contributed by atoms with Gasteiger partial charge in [0.15, 0.2) is 5.82 Å². The van der Waals surface area contributed by atoms with Crippen molar-refractivity contribution in [3.63, 3.8) is 0 Å². The number of fused-ring (bicyclic) bond motifs is 4. The van der Waals surface area contributed by atoms with Gasteiger partial charge in [0.05, 0.1) is 11.4 Å². The highest BCUT2D eigenvalue weighted by Gasteiger charge is 2.15. The standard InChI is InChI=1S/C50H32N2O/c1-3-14-34(15-4-1)46-32-47(52-50(51-46)35-16-5-2-6-17-35)41-29-39(36-19-11-20-38(27-36)43-23-12-18-33-13-7-8-21-42(33)43)28-40(30-41)37-25-26-45-44-22-9-10-24-48(44)53-49(45)31-37/h1-32H. The summed E-state index contributed by atoms with van der Waals surface area (Å²) in [5.41, 5.74) is 13.3. The van der Waals surface area contributed by atoms with Crippen LogP contribution in [0.4, 0.5) is 0 Å². The van der Waals surface area contributed by atoms with Crippen molar-refractivity contribution < 1.29 is 4.42 Å². The van der Waals surface area contributed by atoms with Gasteiger partial charge in [0.25, 0.3) is 0 Å². The smallest absolute Gasteiger partial charge is 0.160 e. The second-order valence-electron chi connectivity index (χ2n) is 13.4. The number of rotatable bonds is 6.